The molecule has 0 aliphatic carbocycles. The van der Waals surface area contributed by atoms with E-state index in [1.165, 1.54) is 17.7 Å². The Morgan fingerprint density at radius 2 is 2.03 bits per heavy atom. The molecule has 7 heteroatoms. The number of aryl methyl sites for hydroxylation is 2. The van der Waals surface area contributed by atoms with Gasteiger partial charge in [0.05, 0.1) is 0 Å². The summed E-state index contributed by atoms with van der Waals surface area (Å²) < 4.78 is 2.05. The summed E-state index contributed by atoms with van der Waals surface area (Å²) >= 11 is 0. The van der Waals surface area contributed by atoms with Gasteiger partial charge in [-0.2, -0.15) is 0 Å². The average Bonchev–Trinajstić information content (AvgIpc) is 3.19. The summed E-state index contributed by atoms with van der Waals surface area (Å²) in [6.45, 7) is 5.08. The standard InChI is InChI=1S/C23H31N7/c1-18-10-12-20(13-11-18)29-15-6-7-19(17-29)26-23(24-2)25-14-5-9-22-28-27-21-8-3-4-16-30(21)22/h3-4,8,10-13,16,19H,5-7,9,14-15,17H2,1-2H3,(H2,24,25,26). The summed E-state index contributed by atoms with van der Waals surface area (Å²) in [6, 6.07) is 15.2. The second-order valence-corrected chi connectivity index (χ2v) is 7.91. The summed E-state index contributed by atoms with van der Waals surface area (Å²) in [5.41, 5.74) is 3.50. The monoisotopic (exact) mass is 405 g/mol. The predicted octanol–water partition coefficient (Wildman–Crippen LogP) is 2.80. The molecular formula is C23H31N7. The maximum atomic E-state index is 4.42. The molecule has 3 heterocycles. The molecule has 158 valence electrons. The molecule has 0 amide bonds. The number of aromatic nitrogens is 3. The van der Waals surface area contributed by atoms with Crippen molar-refractivity contribution in [3.63, 3.8) is 0 Å². The number of nitrogens with one attached hydrogen (secondary N) is 2. The fraction of sp³-hybridized carbons (Fsp3) is 0.435. The van der Waals surface area contributed by atoms with Gasteiger partial charge in [0, 0.05) is 51.0 Å². The van der Waals surface area contributed by atoms with E-state index in [2.05, 4.69) is 66.3 Å². The van der Waals surface area contributed by atoms with Gasteiger partial charge in [-0.25, -0.2) is 0 Å². The number of piperidine rings is 1. The van der Waals surface area contributed by atoms with Gasteiger partial charge in [-0.1, -0.05) is 23.8 Å². The van der Waals surface area contributed by atoms with Crippen LogP contribution in [0, 0.1) is 6.92 Å². The van der Waals surface area contributed by atoms with Gasteiger partial charge in [-0.05, 0) is 50.5 Å². The van der Waals surface area contributed by atoms with Gasteiger partial charge in [-0.15, -0.1) is 10.2 Å². The van der Waals surface area contributed by atoms with Crippen molar-refractivity contribution >= 4 is 17.3 Å². The molecule has 0 saturated carbocycles. The Hall–Kier alpha value is -3.09. The highest BCUT2D eigenvalue weighted by atomic mass is 15.2. The Morgan fingerprint density at radius 3 is 2.87 bits per heavy atom. The van der Waals surface area contributed by atoms with Gasteiger partial charge in [0.15, 0.2) is 11.6 Å². The molecule has 2 aromatic heterocycles. The molecule has 0 radical (unpaired) electrons. The molecule has 3 aromatic rings. The van der Waals surface area contributed by atoms with Crippen molar-refractivity contribution in [2.24, 2.45) is 4.99 Å². The zero-order chi connectivity index (χ0) is 20.8. The fourth-order valence-electron chi connectivity index (χ4n) is 3.99. The van der Waals surface area contributed by atoms with Crippen molar-refractivity contribution < 1.29 is 0 Å². The topological polar surface area (TPSA) is 69.8 Å². The lowest BCUT2D eigenvalue weighted by molar-refractivity contribution is 0.468. The first-order chi connectivity index (χ1) is 14.7. The number of nitrogens with zero attached hydrogens (tertiary/aromatic N) is 5. The van der Waals surface area contributed by atoms with E-state index in [1.54, 1.807) is 0 Å². The molecule has 1 aliphatic rings. The lowest BCUT2D eigenvalue weighted by Gasteiger charge is -2.35. The Kier molecular flexibility index (Phi) is 6.47. The fourth-order valence-corrected chi connectivity index (χ4v) is 3.99. The van der Waals surface area contributed by atoms with E-state index >= 15 is 0 Å². The van der Waals surface area contributed by atoms with Crippen LogP contribution >= 0.6 is 0 Å². The maximum Gasteiger partial charge on any atom is 0.191 e. The van der Waals surface area contributed by atoms with E-state index in [9.17, 15) is 0 Å². The van der Waals surface area contributed by atoms with Crippen molar-refractivity contribution in [2.75, 3.05) is 31.6 Å². The molecule has 4 rings (SSSR count). The van der Waals surface area contributed by atoms with Crippen LogP contribution in [0.2, 0.25) is 0 Å². The van der Waals surface area contributed by atoms with Gasteiger partial charge in [-0.3, -0.25) is 9.39 Å². The zero-order valence-corrected chi connectivity index (χ0v) is 17.9. The number of fused-ring (bicyclic) bond motifs is 1. The second-order valence-electron chi connectivity index (χ2n) is 7.91. The van der Waals surface area contributed by atoms with Crippen molar-refractivity contribution in [3.05, 3.63) is 60.0 Å². The highest BCUT2D eigenvalue weighted by Gasteiger charge is 2.21. The van der Waals surface area contributed by atoms with Crippen LogP contribution in [-0.4, -0.2) is 53.3 Å². The number of aliphatic imine (C=N–C) groups is 1. The smallest absolute Gasteiger partial charge is 0.191 e. The molecule has 30 heavy (non-hydrogen) atoms. The minimum absolute atomic E-state index is 0.395. The molecule has 1 aliphatic heterocycles. The summed E-state index contributed by atoms with van der Waals surface area (Å²) in [6.07, 6.45) is 6.20. The molecule has 1 atom stereocenters. The Morgan fingerprint density at radius 1 is 1.17 bits per heavy atom. The van der Waals surface area contributed by atoms with Gasteiger partial charge in [0.1, 0.15) is 5.82 Å². The summed E-state index contributed by atoms with van der Waals surface area (Å²) in [7, 11) is 1.84. The van der Waals surface area contributed by atoms with Crippen LogP contribution in [0.25, 0.3) is 5.65 Å². The lowest BCUT2D eigenvalue weighted by Crippen LogP contribution is -2.51. The molecule has 1 fully saturated rings. The first-order valence-corrected chi connectivity index (χ1v) is 10.8. The number of hydrogen-bond acceptors (Lipinski definition) is 4. The number of rotatable bonds is 6. The third kappa shape index (κ3) is 4.90. The molecular weight excluding hydrogens is 374 g/mol. The van der Waals surface area contributed by atoms with Crippen molar-refractivity contribution in [1.29, 1.82) is 0 Å². The quantitative estimate of drug-likeness (QED) is 0.375. The minimum Gasteiger partial charge on any atom is -0.369 e. The summed E-state index contributed by atoms with van der Waals surface area (Å²) in [5, 5.41) is 15.6. The molecule has 1 aromatic carbocycles. The molecule has 2 N–H and O–H groups in total. The Bertz CT molecular complexity index is 977. The van der Waals surface area contributed by atoms with Crippen molar-refractivity contribution in [3.8, 4) is 0 Å². The van der Waals surface area contributed by atoms with Crippen LogP contribution in [0.15, 0.2) is 53.7 Å². The van der Waals surface area contributed by atoms with Crippen LogP contribution in [0.5, 0.6) is 0 Å². The summed E-state index contributed by atoms with van der Waals surface area (Å²) in [4.78, 5) is 6.88. The first-order valence-electron chi connectivity index (χ1n) is 10.8. The second kappa shape index (κ2) is 9.61. The van der Waals surface area contributed by atoms with Crippen LogP contribution in [0.4, 0.5) is 5.69 Å². The third-order valence-corrected chi connectivity index (χ3v) is 5.64. The van der Waals surface area contributed by atoms with Crippen molar-refractivity contribution in [1.82, 2.24) is 25.2 Å². The highest BCUT2D eigenvalue weighted by Crippen LogP contribution is 2.20. The Labute approximate surface area is 178 Å². The van der Waals surface area contributed by atoms with E-state index in [-0.39, 0.29) is 0 Å². The largest absolute Gasteiger partial charge is 0.369 e. The molecule has 0 bridgehead atoms. The number of benzene rings is 1. The minimum atomic E-state index is 0.395. The van der Waals surface area contributed by atoms with Crippen LogP contribution < -0.4 is 15.5 Å². The van der Waals surface area contributed by atoms with E-state index in [0.29, 0.717) is 6.04 Å². The normalized spacial score (nSPS) is 17.3. The number of hydrogen-bond donors (Lipinski definition) is 2. The highest BCUT2D eigenvalue weighted by molar-refractivity contribution is 5.80. The molecule has 1 saturated heterocycles. The lowest BCUT2D eigenvalue weighted by atomic mass is 10.0. The molecule has 7 nitrogen and oxygen atoms in total. The van der Waals surface area contributed by atoms with E-state index in [1.807, 2.05) is 31.4 Å². The zero-order valence-electron chi connectivity index (χ0n) is 17.9. The van der Waals surface area contributed by atoms with Crippen molar-refractivity contribution in [2.45, 2.75) is 38.6 Å². The van der Waals surface area contributed by atoms with E-state index in [4.69, 9.17) is 0 Å². The predicted molar refractivity (Wildman–Crippen MR) is 122 cm³/mol. The average molecular weight is 406 g/mol. The number of pyridine rings is 1. The number of anilines is 1. The van der Waals surface area contributed by atoms with Crippen LogP contribution in [-0.2, 0) is 6.42 Å². The summed E-state index contributed by atoms with van der Waals surface area (Å²) in [5.74, 6) is 1.87. The molecule has 0 spiro atoms. The van der Waals surface area contributed by atoms with Gasteiger partial charge >= 0.3 is 0 Å². The van der Waals surface area contributed by atoms with Crippen LogP contribution in [0.3, 0.4) is 0 Å². The van der Waals surface area contributed by atoms with Crippen LogP contribution in [0.1, 0.15) is 30.7 Å². The molecule has 1 unspecified atom stereocenters. The van der Waals surface area contributed by atoms with Gasteiger partial charge in [0.25, 0.3) is 0 Å². The number of guanidine groups is 1. The third-order valence-electron chi connectivity index (χ3n) is 5.64. The van der Waals surface area contributed by atoms with Gasteiger partial charge < -0.3 is 15.5 Å². The Balaban J connectivity index is 1.24. The van der Waals surface area contributed by atoms with E-state index < -0.39 is 0 Å². The van der Waals surface area contributed by atoms with E-state index in [0.717, 1.165) is 56.3 Å². The SMILES string of the molecule is CN=C(NCCCc1nnc2ccccn12)NC1CCCN(c2ccc(C)cc2)C1. The maximum absolute atomic E-state index is 4.42. The van der Waals surface area contributed by atoms with Gasteiger partial charge in [0.2, 0.25) is 0 Å². The first kappa shape index (κ1) is 20.2.